The SMILES string of the molecule is CC(C)C(N)C=O.COCC(C)OC(=O)c1ccc(OC(C)=O)cc1. The average Bonchev–Trinajstić information content (AvgIpc) is 2.54. The van der Waals surface area contributed by atoms with Gasteiger partial charge in [-0.05, 0) is 37.1 Å². The van der Waals surface area contributed by atoms with Crippen LogP contribution in [0.2, 0.25) is 0 Å². The minimum atomic E-state index is -0.436. The van der Waals surface area contributed by atoms with Crippen molar-refractivity contribution in [2.75, 3.05) is 13.7 Å². The van der Waals surface area contributed by atoms with Gasteiger partial charge in [-0.15, -0.1) is 0 Å². The van der Waals surface area contributed by atoms with Crippen LogP contribution in [0.4, 0.5) is 0 Å². The Labute approximate surface area is 148 Å². The van der Waals surface area contributed by atoms with E-state index in [9.17, 15) is 14.4 Å². The lowest BCUT2D eigenvalue weighted by Crippen LogP contribution is -2.27. The van der Waals surface area contributed by atoms with Crippen molar-refractivity contribution < 1.29 is 28.6 Å². The number of nitrogens with two attached hydrogens (primary N) is 1. The van der Waals surface area contributed by atoms with Crippen LogP contribution in [-0.2, 0) is 19.1 Å². The first kappa shape index (κ1) is 22.8. The molecule has 0 aliphatic heterocycles. The number of hydrogen-bond acceptors (Lipinski definition) is 7. The fraction of sp³-hybridized carbons (Fsp3) is 0.500. The van der Waals surface area contributed by atoms with Crippen LogP contribution in [0.15, 0.2) is 24.3 Å². The molecule has 1 aromatic carbocycles. The molecule has 2 N–H and O–H groups in total. The van der Waals surface area contributed by atoms with E-state index in [1.54, 1.807) is 31.2 Å². The number of esters is 2. The zero-order chi connectivity index (χ0) is 19.4. The first-order chi connectivity index (χ1) is 11.7. The van der Waals surface area contributed by atoms with Crippen molar-refractivity contribution in [3.63, 3.8) is 0 Å². The molecule has 0 aliphatic carbocycles. The van der Waals surface area contributed by atoms with Gasteiger partial charge in [0.2, 0.25) is 0 Å². The topological polar surface area (TPSA) is 105 Å². The average molecular weight is 353 g/mol. The monoisotopic (exact) mass is 353 g/mol. The summed E-state index contributed by atoms with van der Waals surface area (Å²) in [4.78, 5) is 32.2. The molecule has 2 unspecified atom stereocenters. The number of hydrogen-bond donors (Lipinski definition) is 1. The smallest absolute Gasteiger partial charge is 0.338 e. The standard InChI is InChI=1S/C13H16O5.C5H11NO/c1-9(8-16-3)17-13(15)11-4-6-12(7-5-11)18-10(2)14;1-4(2)5(6)3-7/h4-7,9H,8H2,1-3H3;3-5H,6H2,1-2H3. The number of ether oxygens (including phenoxy) is 3. The predicted octanol–water partition coefficient (Wildman–Crippen LogP) is 1.97. The number of benzene rings is 1. The van der Waals surface area contributed by atoms with Gasteiger partial charge >= 0.3 is 11.9 Å². The Bertz CT molecular complexity index is 541. The van der Waals surface area contributed by atoms with Gasteiger partial charge in [0.15, 0.2) is 0 Å². The fourth-order valence-corrected chi connectivity index (χ4v) is 1.50. The summed E-state index contributed by atoms with van der Waals surface area (Å²) < 4.78 is 14.9. The highest BCUT2D eigenvalue weighted by Gasteiger charge is 2.12. The molecule has 0 radical (unpaired) electrons. The number of rotatable bonds is 7. The number of methoxy groups -OCH3 is 1. The van der Waals surface area contributed by atoms with Crippen LogP contribution < -0.4 is 10.5 Å². The van der Waals surface area contributed by atoms with Crippen LogP contribution in [0.1, 0.15) is 38.1 Å². The van der Waals surface area contributed by atoms with Crippen LogP contribution in [0.3, 0.4) is 0 Å². The second-order valence-corrected chi connectivity index (χ2v) is 5.75. The van der Waals surface area contributed by atoms with Crippen molar-refractivity contribution in [3.8, 4) is 5.75 Å². The van der Waals surface area contributed by atoms with Gasteiger partial charge in [0, 0.05) is 14.0 Å². The maximum Gasteiger partial charge on any atom is 0.338 e. The van der Waals surface area contributed by atoms with Crippen LogP contribution in [0.25, 0.3) is 0 Å². The van der Waals surface area contributed by atoms with Crippen molar-refractivity contribution in [1.29, 1.82) is 0 Å². The van der Waals surface area contributed by atoms with Crippen LogP contribution in [0.5, 0.6) is 5.75 Å². The quantitative estimate of drug-likeness (QED) is 0.454. The summed E-state index contributed by atoms with van der Waals surface area (Å²) in [5.74, 6) is -0.172. The van der Waals surface area contributed by atoms with Gasteiger partial charge in [0.25, 0.3) is 0 Å². The van der Waals surface area contributed by atoms with Gasteiger partial charge in [-0.1, -0.05) is 13.8 Å². The lowest BCUT2D eigenvalue weighted by Gasteiger charge is -2.12. The highest BCUT2D eigenvalue weighted by molar-refractivity contribution is 5.89. The van der Waals surface area contributed by atoms with E-state index in [-0.39, 0.29) is 18.1 Å². The third kappa shape index (κ3) is 10.3. The zero-order valence-corrected chi connectivity index (χ0v) is 15.4. The maximum absolute atomic E-state index is 11.7. The molecule has 0 fully saturated rings. The Morgan fingerprint density at radius 3 is 2.08 bits per heavy atom. The van der Waals surface area contributed by atoms with Crippen molar-refractivity contribution in [2.24, 2.45) is 11.7 Å². The molecule has 25 heavy (non-hydrogen) atoms. The van der Waals surface area contributed by atoms with E-state index >= 15 is 0 Å². The summed E-state index contributed by atoms with van der Waals surface area (Å²) in [6, 6.07) is 5.89. The molecule has 7 heteroatoms. The Morgan fingerprint density at radius 1 is 1.16 bits per heavy atom. The second kappa shape index (κ2) is 12.2. The van der Waals surface area contributed by atoms with E-state index in [4.69, 9.17) is 19.9 Å². The molecule has 140 valence electrons. The molecule has 0 aliphatic rings. The zero-order valence-electron chi connectivity index (χ0n) is 15.4. The van der Waals surface area contributed by atoms with Gasteiger partial charge in [-0.3, -0.25) is 4.79 Å². The lowest BCUT2D eigenvalue weighted by molar-refractivity contribution is -0.131. The molecule has 0 saturated heterocycles. The maximum atomic E-state index is 11.7. The summed E-state index contributed by atoms with van der Waals surface area (Å²) in [6.45, 7) is 7.23. The van der Waals surface area contributed by atoms with E-state index < -0.39 is 11.9 Å². The van der Waals surface area contributed by atoms with E-state index in [0.29, 0.717) is 17.9 Å². The van der Waals surface area contributed by atoms with Gasteiger partial charge in [0.05, 0.1) is 18.2 Å². The van der Waals surface area contributed by atoms with Crippen LogP contribution in [-0.4, -0.2) is 44.1 Å². The first-order valence-electron chi connectivity index (χ1n) is 7.90. The first-order valence-corrected chi connectivity index (χ1v) is 7.90. The highest BCUT2D eigenvalue weighted by atomic mass is 16.6. The number of carbonyl (C=O) groups is 3. The largest absolute Gasteiger partial charge is 0.457 e. The number of aldehydes is 1. The van der Waals surface area contributed by atoms with Gasteiger partial charge in [-0.2, -0.15) is 0 Å². The third-order valence-electron chi connectivity index (χ3n) is 2.99. The van der Waals surface area contributed by atoms with Gasteiger partial charge < -0.3 is 24.7 Å². The molecule has 0 heterocycles. The Hall–Kier alpha value is -2.25. The Balaban J connectivity index is 0.000000697. The molecule has 0 aromatic heterocycles. The summed E-state index contributed by atoms with van der Waals surface area (Å²) in [5.41, 5.74) is 5.64. The molecular weight excluding hydrogens is 326 g/mol. The van der Waals surface area contributed by atoms with Gasteiger partial charge in [0.1, 0.15) is 18.1 Å². The van der Waals surface area contributed by atoms with Crippen LogP contribution >= 0.6 is 0 Å². The summed E-state index contributed by atoms with van der Waals surface area (Å²) in [7, 11) is 1.54. The Morgan fingerprint density at radius 2 is 1.72 bits per heavy atom. The summed E-state index contributed by atoms with van der Waals surface area (Å²) in [6.07, 6.45) is 0.459. The molecule has 1 aromatic rings. The molecule has 0 saturated carbocycles. The predicted molar refractivity (Wildman–Crippen MR) is 93.4 cm³/mol. The van der Waals surface area contributed by atoms with Gasteiger partial charge in [-0.25, -0.2) is 4.79 Å². The van der Waals surface area contributed by atoms with Crippen molar-refractivity contribution in [1.82, 2.24) is 0 Å². The van der Waals surface area contributed by atoms with E-state index in [1.807, 2.05) is 13.8 Å². The molecule has 0 spiro atoms. The molecule has 1 rings (SSSR count). The second-order valence-electron chi connectivity index (χ2n) is 5.75. The fourth-order valence-electron chi connectivity index (χ4n) is 1.50. The highest BCUT2D eigenvalue weighted by Crippen LogP contribution is 2.13. The minimum absolute atomic E-state index is 0.275. The van der Waals surface area contributed by atoms with E-state index in [0.717, 1.165) is 6.29 Å². The lowest BCUT2D eigenvalue weighted by atomic mass is 10.1. The third-order valence-corrected chi connectivity index (χ3v) is 2.99. The van der Waals surface area contributed by atoms with E-state index in [1.165, 1.54) is 14.0 Å². The van der Waals surface area contributed by atoms with E-state index in [2.05, 4.69) is 0 Å². The van der Waals surface area contributed by atoms with Crippen molar-refractivity contribution >= 4 is 18.2 Å². The molecule has 7 nitrogen and oxygen atoms in total. The molecule has 2 atom stereocenters. The Kier molecular flexibility index (Phi) is 11.1. The molecular formula is C18H27NO6. The molecule has 0 amide bonds. The molecule has 0 bridgehead atoms. The van der Waals surface area contributed by atoms with Crippen molar-refractivity contribution in [2.45, 2.75) is 39.8 Å². The van der Waals surface area contributed by atoms with Crippen LogP contribution in [0, 0.1) is 5.92 Å². The summed E-state index contributed by atoms with van der Waals surface area (Å²) in [5, 5.41) is 0. The van der Waals surface area contributed by atoms with Crippen molar-refractivity contribution in [3.05, 3.63) is 29.8 Å². The normalized spacial score (nSPS) is 12.4. The number of carbonyl (C=O) groups excluding carboxylic acids is 3. The minimum Gasteiger partial charge on any atom is -0.457 e. The summed E-state index contributed by atoms with van der Waals surface area (Å²) >= 11 is 0.